The van der Waals surface area contributed by atoms with Crippen molar-refractivity contribution in [1.82, 2.24) is 4.90 Å². The van der Waals surface area contributed by atoms with Crippen LogP contribution in [0.5, 0.6) is 5.75 Å². The van der Waals surface area contributed by atoms with Gasteiger partial charge in [-0.15, -0.1) is 0 Å². The van der Waals surface area contributed by atoms with E-state index in [1.165, 1.54) is 6.42 Å². The zero-order chi connectivity index (χ0) is 13.4. The smallest absolute Gasteiger partial charge is 0.137 e. The Bertz CT molecular complexity index is 398. The maximum absolute atomic E-state index is 8.94. The standard InChI is InChI=1S/C15H22N2O/c1-4-13(2)12-17(3)9-10-18-15-8-6-5-7-14(15)11-16/h5-8,13H,4,9-10,12H2,1-3H3. The number of nitriles is 1. The molecule has 0 bridgehead atoms. The molecule has 1 aromatic carbocycles. The van der Waals surface area contributed by atoms with Gasteiger partial charge in [-0.25, -0.2) is 0 Å². The van der Waals surface area contributed by atoms with E-state index in [9.17, 15) is 0 Å². The summed E-state index contributed by atoms with van der Waals surface area (Å²) in [6.45, 7) is 7.04. The van der Waals surface area contributed by atoms with Gasteiger partial charge in [-0.1, -0.05) is 32.4 Å². The summed E-state index contributed by atoms with van der Waals surface area (Å²) in [5.41, 5.74) is 0.599. The Balaban J connectivity index is 2.35. The van der Waals surface area contributed by atoms with Crippen molar-refractivity contribution in [2.45, 2.75) is 20.3 Å². The Morgan fingerprint density at radius 1 is 1.39 bits per heavy atom. The van der Waals surface area contributed by atoms with Crippen LogP contribution in [-0.2, 0) is 0 Å². The third-order valence-electron chi connectivity index (χ3n) is 3.06. The second-order valence-electron chi connectivity index (χ2n) is 4.73. The van der Waals surface area contributed by atoms with E-state index < -0.39 is 0 Å². The van der Waals surface area contributed by atoms with Crippen molar-refractivity contribution in [3.05, 3.63) is 29.8 Å². The van der Waals surface area contributed by atoms with Gasteiger partial charge in [0.25, 0.3) is 0 Å². The van der Waals surface area contributed by atoms with E-state index in [0.29, 0.717) is 23.8 Å². The first-order valence-electron chi connectivity index (χ1n) is 6.47. The molecule has 0 aliphatic rings. The van der Waals surface area contributed by atoms with Crippen LogP contribution in [0.15, 0.2) is 24.3 Å². The van der Waals surface area contributed by atoms with Crippen LogP contribution in [0.1, 0.15) is 25.8 Å². The molecule has 0 radical (unpaired) electrons. The van der Waals surface area contributed by atoms with Gasteiger partial charge in [-0.05, 0) is 25.1 Å². The normalized spacial score (nSPS) is 12.2. The minimum atomic E-state index is 0.599. The van der Waals surface area contributed by atoms with Crippen molar-refractivity contribution < 1.29 is 4.74 Å². The van der Waals surface area contributed by atoms with E-state index in [4.69, 9.17) is 10.00 Å². The van der Waals surface area contributed by atoms with Gasteiger partial charge in [0, 0.05) is 13.1 Å². The molecule has 1 unspecified atom stereocenters. The van der Waals surface area contributed by atoms with Crippen LogP contribution in [-0.4, -0.2) is 31.6 Å². The van der Waals surface area contributed by atoms with Gasteiger partial charge >= 0.3 is 0 Å². The Hall–Kier alpha value is -1.53. The Morgan fingerprint density at radius 2 is 2.11 bits per heavy atom. The summed E-state index contributed by atoms with van der Waals surface area (Å²) in [7, 11) is 2.10. The van der Waals surface area contributed by atoms with E-state index in [2.05, 4.69) is 31.9 Å². The summed E-state index contributed by atoms with van der Waals surface area (Å²) in [6.07, 6.45) is 1.20. The number of hydrogen-bond acceptors (Lipinski definition) is 3. The number of ether oxygens (including phenoxy) is 1. The Labute approximate surface area is 110 Å². The van der Waals surface area contributed by atoms with Crippen molar-refractivity contribution in [3.63, 3.8) is 0 Å². The zero-order valence-corrected chi connectivity index (χ0v) is 11.5. The molecule has 0 saturated heterocycles. The van der Waals surface area contributed by atoms with Crippen LogP contribution in [0.3, 0.4) is 0 Å². The molecule has 0 spiro atoms. The number of para-hydroxylation sites is 1. The molecule has 1 aromatic rings. The van der Waals surface area contributed by atoms with Crippen LogP contribution in [0, 0.1) is 17.2 Å². The van der Waals surface area contributed by atoms with Gasteiger partial charge in [0.05, 0.1) is 5.56 Å². The molecule has 0 N–H and O–H groups in total. The lowest BCUT2D eigenvalue weighted by atomic mass is 10.1. The van der Waals surface area contributed by atoms with E-state index in [-0.39, 0.29) is 0 Å². The van der Waals surface area contributed by atoms with Crippen molar-refractivity contribution in [1.29, 1.82) is 5.26 Å². The molecule has 3 nitrogen and oxygen atoms in total. The fourth-order valence-corrected chi connectivity index (χ4v) is 1.75. The minimum Gasteiger partial charge on any atom is -0.491 e. The molecule has 0 aliphatic heterocycles. The number of benzene rings is 1. The van der Waals surface area contributed by atoms with Gasteiger partial charge < -0.3 is 9.64 Å². The summed E-state index contributed by atoms with van der Waals surface area (Å²) in [5.74, 6) is 1.39. The number of rotatable bonds is 7. The third kappa shape index (κ3) is 4.77. The second-order valence-corrected chi connectivity index (χ2v) is 4.73. The molecule has 0 heterocycles. The van der Waals surface area contributed by atoms with Gasteiger partial charge in [0.15, 0.2) is 0 Å². The fraction of sp³-hybridized carbons (Fsp3) is 0.533. The average molecular weight is 246 g/mol. The molecule has 0 aliphatic carbocycles. The highest BCUT2D eigenvalue weighted by Gasteiger charge is 2.05. The Morgan fingerprint density at radius 3 is 2.78 bits per heavy atom. The maximum Gasteiger partial charge on any atom is 0.137 e. The first-order valence-corrected chi connectivity index (χ1v) is 6.47. The third-order valence-corrected chi connectivity index (χ3v) is 3.06. The molecule has 3 heteroatoms. The van der Waals surface area contributed by atoms with Crippen LogP contribution in [0.2, 0.25) is 0 Å². The lowest BCUT2D eigenvalue weighted by molar-refractivity contribution is 0.217. The highest BCUT2D eigenvalue weighted by atomic mass is 16.5. The average Bonchev–Trinajstić information content (AvgIpc) is 2.39. The Kier molecular flexibility index (Phi) is 6.24. The van der Waals surface area contributed by atoms with Crippen LogP contribution in [0.4, 0.5) is 0 Å². The van der Waals surface area contributed by atoms with E-state index in [1.54, 1.807) is 6.07 Å². The SMILES string of the molecule is CCC(C)CN(C)CCOc1ccccc1C#N. The highest BCUT2D eigenvalue weighted by Crippen LogP contribution is 2.16. The molecule has 0 aromatic heterocycles. The van der Waals surface area contributed by atoms with Crippen LogP contribution in [0.25, 0.3) is 0 Å². The predicted octanol–water partition coefficient (Wildman–Crippen LogP) is 2.91. The quantitative estimate of drug-likeness (QED) is 0.742. The number of hydrogen-bond donors (Lipinski definition) is 0. The van der Waals surface area contributed by atoms with Crippen LogP contribution >= 0.6 is 0 Å². The molecule has 0 saturated carbocycles. The minimum absolute atomic E-state index is 0.599. The summed E-state index contributed by atoms with van der Waals surface area (Å²) in [6, 6.07) is 9.49. The molecule has 18 heavy (non-hydrogen) atoms. The topological polar surface area (TPSA) is 36.3 Å². The summed E-state index contributed by atoms with van der Waals surface area (Å²) in [5, 5.41) is 8.94. The van der Waals surface area contributed by atoms with Gasteiger partial charge in [-0.3, -0.25) is 0 Å². The van der Waals surface area contributed by atoms with E-state index in [1.807, 2.05) is 18.2 Å². The largest absolute Gasteiger partial charge is 0.491 e. The number of nitrogens with zero attached hydrogens (tertiary/aromatic N) is 2. The lowest BCUT2D eigenvalue weighted by Crippen LogP contribution is -2.28. The zero-order valence-electron chi connectivity index (χ0n) is 11.5. The first kappa shape index (κ1) is 14.5. The van der Waals surface area contributed by atoms with Gasteiger partial charge in [0.1, 0.15) is 18.4 Å². The molecule has 0 fully saturated rings. The fourth-order valence-electron chi connectivity index (χ4n) is 1.75. The van der Waals surface area contributed by atoms with Gasteiger partial charge in [-0.2, -0.15) is 5.26 Å². The van der Waals surface area contributed by atoms with Crippen molar-refractivity contribution in [2.75, 3.05) is 26.7 Å². The van der Waals surface area contributed by atoms with Gasteiger partial charge in [0.2, 0.25) is 0 Å². The molecule has 1 rings (SSSR count). The van der Waals surface area contributed by atoms with E-state index >= 15 is 0 Å². The molecule has 1 atom stereocenters. The molecular weight excluding hydrogens is 224 g/mol. The maximum atomic E-state index is 8.94. The second kappa shape index (κ2) is 7.73. The lowest BCUT2D eigenvalue weighted by Gasteiger charge is -2.20. The summed E-state index contributed by atoms with van der Waals surface area (Å²) < 4.78 is 5.65. The number of likely N-dealkylation sites (N-methyl/N-ethyl adjacent to an activating group) is 1. The summed E-state index contributed by atoms with van der Waals surface area (Å²) in [4.78, 5) is 2.27. The van der Waals surface area contributed by atoms with Crippen molar-refractivity contribution >= 4 is 0 Å². The molecule has 98 valence electrons. The van der Waals surface area contributed by atoms with Crippen LogP contribution < -0.4 is 4.74 Å². The van der Waals surface area contributed by atoms with Crippen molar-refractivity contribution in [2.24, 2.45) is 5.92 Å². The molecule has 0 amide bonds. The summed E-state index contributed by atoms with van der Waals surface area (Å²) >= 11 is 0. The monoisotopic (exact) mass is 246 g/mol. The predicted molar refractivity (Wildman–Crippen MR) is 73.6 cm³/mol. The molecular formula is C15H22N2O. The van der Waals surface area contributed by atoms with E-state index in [0.717, 1.165) is 13.1 Å². The highest BCUT2D eigenvalue weighted by molar-refractivity contribution is 5.42. The van der Waals surface area contributed by atoms with Crippen molar-refractivity contribution in [3.8, 4) is 11.8 Å². The first-order chi connectivity index (χ1) is 8.67.